The number of nitrogens with one attached hydrogen (secondary N) is 4. The number of para-hydroxylation sites is 1. The maximum atomic E-state index is 13.3. The van der Waals surface area contributed by atoms with E-state index in [1.807, 2.05) is 30.7 Å². The Hall–Kier alpha value is -3.53. The molecule has 1 aliphatic rings. The second-order valence-corrected chi connectivity index (χ2v) is 10.1. The molecule has 1 atom stereocenters. The zero-order valence-electron chi connectivity index (χ0n) is 21.0. The van der Waals surface area contributed by atoms with Crippen LogP contribution in [0.1, 0.15) is 24.1 Å². The molecule has 9 nitrogen and oxygen atoms in total. The highest BCUT2D eigenvalue weighted by molar-refractivity contribution is 6.39. The number of amides is 1. The van der Waals surface area contributed by atoms with E-state index in [4.69, 9.17) is 27.9 Å². The van der Waals surface area contributed by atoms with E-state index in [1.165, 1.54) is 0 Å². The van der Waals surface area contributed by atoms with Gasteiger partial charge in [0.2, 0.25) is 5.95 Å². The molecule has 4 N–H and O–H groups in total. The topological polar surface area (TPSA) is 113 Å². The first-order valence-electron chi connectivity index (χ1n) is 12.4. The van der Waals surface area contributed by atoms with Crippen LogP contribution in [-0.4, -0.2) is 39.8 Å². The van der Waals surface area contributed by atoms with Crippen molar-refractivity contribution < 1.29 is 9.53 Å². The second kappa shape index (κ2) is 11.1. The lowest BCUT2D eigenvalue weighted by Crippen LogP contribution is -2.38. The maximum absolute atomic E-state index is 13.3. The van der Waals surface area contributed by atoms with Crippen molar-refractivity contribution in [3.63, 3.8) is 0 Å². The van der Waals surface area contributed by atoms with Crippen LogP contribution >= 0.6 is 23.2 Å². The van der Waals surface area contributed by atoms with Crippen LogP contribution in [0.5, 0.6) is 0 Å². The molecule has 11 heteroatoms. The molecule has 1 aliphatic heterocycles. The summed E-state index contributed by atoms with van der Waals surface area (Å²) in [6.45, 7) is 3.58. The molecule has 5 rings (SSSR count). The third kappa shape index (κ3) is 5.22. The molecule has 1 saturated heterocycles. The van der Waals surface area contributed by atoms with Gasteiger partial charge in [-0.2, -0.15) is 0 Å². The molecule has 0 bridgehead atoms. The number of pyridine rings is 1. The lowest BCUT2D eigenvalue weighted by Gasteiger charge is -2.22. The van der Waals surface area contributed by atoms with Gasteiger partial charge < -0.3 is 24.9 Å². The maximum Gasteiger partial charge on any atom is 0.411 e. The molecule has 0 radical (unpaired) electrons. The van der Waals surface area contributed by atoms with Crippen molar-refractivity contribution in [3.05, 3.63) is 74.3 Å². The number of carbonyl (C=O) groups is 1. The van der Waals surface area contributed by atoms with Gasteiger partial charge in [-0.05, 0) is 55.5 Å². The number of rotatable bonds is 6. The highest BCUT2D eigenvalue weighted by Crippen LogP contribution is 2.34. The van der Waals surface area contributed by atoms with Crippen molar-refractivity contribution in [2.24, 2.45) is 7.05 Å². The number of allylic oxidation sites excluding steroid dienone is 1. The summed E-state index contributed by atoms with van der Waals surface area (Å²) in [4.78, 5) is 33.0. The van der Waals surface area contributed by atoms with Crippen LogP contribution < -0.4 is 21.5 Å². The number of piperidine rings is 1. The van der Waals surface area contributed by atoms with Crippen molar-refractivity contribution in [3.8, 4) is 0 Å². The van der Waals surface area contributed by atoms with E-state index in [0.29, 0.717) is 51.1 Å². The Morgan fingerprint density at radius 3 is 2.79 bits per heavy atom. The van der Waals surface area contributed by atoms with Crippen LogP contribution in [0, 0.1) is 6.92 Å². The lowest BCUT2D eigenvalue weighted by molar-refractivity contribution is 0.0853. The molecule has 38 heavy (non-hydrogen) atoms. The Morgan fingerprint density at radius 1 is 1.26 bits per heavy atom. The first kappa shape index (κ1) is 26.1. The van der Waals surface area contributed by atoms with Gasteiger partial charge >= 0.3 is 6.09 Å². The SMILES string of the molecule is Cc1c(CC=CNC(=O)OC2CCCNC2)[nH]c(=O)c2c1ccc1nc(Nc3c(Cl)cccc3Cl)n(C)c12. The van der Waals surface area contributed by atoms with Crippen molar-refractivity contribution in [2.75, 3.05) is 18.4 Å². The average Bonchev–Trinajstić information content (AvgIpc) is 3.22. The number of aryl methyl sites for hydroxylation is 2. The summed E-state index contributed by atoms with van der Waals surface area (Å²) in [5.74, 6) is 0.508. The van der Waals surface area contributed by atoms with Crippen LogP contribution in [0.25, 0.3) is 21.8 Å². The van der Waals surface area contributed by atoms with E-state index in [9.17, 15) is 9.59 Å². The molecule has 1 amide bonds. The number of H-pyrrole nitrogens is 1. The van der Waals surface area contributed by atoms with Gasteiger partial charge in [0, 0.05) is 31.9 Å². The van der Waals surface area contributed by atoms with Crippen LogP contribution in [0.4, 0.5) is 16.4 Å². The predicted octanol–water partition coefficient (Wildman–Crippen LogP) is 5.31. The Morgan fingerprint density at radius 2 is 2.05 bits per heavy atom. The van der Waals surface area contributed by atoms with Crippen LogP contribution in [0.2, 0.25) is 10.0 Å². The number of aromatic nitrogens is 3. The third-order valence-corrected chi connectivity index (χ3v) is 7.38. The Balaban J connectivity index is 1.38. The monoisotopic (exact) mass is 554 g/mol. The summed E-state index contributed by atoms with van der Waals surface area (Å²) in [5.41, 5.74) is 3.38. The highest BCUT2D eigenvalue weighted by Gasteiger charge is 2.18. The number of hydrogen-bond donors (Lipinski definition) is 4. The highest BCUT2D eigenvalue weighted by atomic mass is 35.5. The number of nitrogens with zero attached hydrogens (tertiary/aromatic N) is 2. The number of carbonyl (C=O) groups excluding carboxylic acids is 1. The fraction of sp³-hybridized carbons (Fsp3) is 0.296. The molecule has 0 saturated carbocycles. The minimum atomic E-state index is -0.486. The van der Waals surface area contributed by atoms with E-state index in [0.717, 1.165) is 36.0 Å². The van der Waals surface area contributed by atoms with Gasteiger partial charge in [0.25, 0.3) is 5.56 Å². The molecule has 0 aliphatic carbocycles. The molecule has 4 aromatic rings. The number of alkyl carbamates (subject to hydrolysis) is 1. The van der Waals surface area contributed by atoms with E-state index < -0.39 is 6.09 Å². The van der Waals surface area contributed by atoms with Crippen molar-refractivity contribution in [2.45, 2.75) is 32.3 Å². The largest absolute Gasteiger partial charge is 0.445 e. The van der Waals surface area contributed by atoms with Crippen molar-refractivity contribution >= 4 is 62.7 Å². The zero-order valence-corrected chi connectivity index (χ0v) is 22.5. The van der Waals surface area contributed by atoms with Crippen LogP contribution in [0.15, 0.2) is 47.4 Å². The normalized spacial score (nSPS) is 15.8. The molecule has 3 heterocycles. The standard InChI is InChI=1S/C27H28Cl2N6O3/c1-15-17-10-11-21-24(35(2)26(33-21)34-23-18(28)7-3-8-19(23)29)22(17)25(36)32-20(15)9-5-13-31-27(37)38-16-6-4-12-30-14-16/h3,5,7-8,10-11,13,16,30H,4,6,9,12,14H2,1-2H3,(H,31,37)(H,32,36)(H,33,34). The molecular formula is C27H28Cl2N6O3. The Kier molecular flexibility index (Phi) is 7.60. The number of fused-ring (bicyclic) bond motifs is 3. The van der Waals surface area contributed by atoms with Gasteiger partial charge in [-0.1, -0.05) is 41.4 Å². The fourth-order valence-electron chi connectivity index (χ4n) is 4.76. The first-order chi connectivity index (χ1) is 18.3. The van der Waals surface area contributed by atoms with Crippen LogP contribution in [-0.2, 0) is 18.2 Å². The third-order valence-electron chi connectivity index (χ3n) is 6.75. The minimum Gasteiger partial charge on any atom is -0.445 e. The molecule has 2 aromatic carbocycles. The number of anilines is 2. The molecule has 2 aromatic heterocycles. The summed E-state index contributed by atoms with van der Waals surface area (Å²) >= 11 is 12.7. The van der Waals surface area contributed by atoms with E-state index >= 15 is 0 Å². The quantitative estimate of drug-likeness (QED) is 0.257. The smallest absolute Gasteiger partial charge is 0.411 e. The summed E-state index contributed by atoms with van der Waals surface area (Å²) in [7, 11) is 1.83. The predicted molar refractivity (Wildman–Crippen MR) is 152 cm³/mol. The number of halogens is 2. The molecule has 1 fully saturated rings. The summed E-state index contributed by atoms with van der Waals surface area (Å²) in [5, 5.41) is 11.3. The van der Waals surface area contributed by atoms with Gasteiger partial charge in [0.1, 0.15) is 6.10 Å². The van der Waals surface area contributed by atoms with E-state index in [2.05, 4.69) is 25.9 Å². The average molecular weight is 555 g/mol. The Bertz CT molecular complexity index is 1580. The van der Waals surface area contributed by atoms with Crippen molar-refractivity contribution in [1.29, 1.82) is 0 Å². The van der Waals surface area contributed by atoms with Gasteiger partial charge in [0.05, 0.1) is 32.2 Å². The van der Waals surface area contributed by atoms with Gasteiger partial charge in [-0.3, -0.25) is 10.1 Å². The van der Waals surface area contributed by atoms with Crippen LogP contribution in [0.3, 0.4) is 0 Å². The second-order valence-electron chi connectivity index (χ2n) is 9.25. The lowest BCUT2D eigenvalue weighted by atomic mass is 10.0. The van der Waals surface area contributed by atoms with Gasteiger partial charge in [-0.25, -0.2) is 9.78 Å². The molecule has 1 unspecified atom stereocenters. The van der Waals surface area contributed by atoms with Gasteiger partial charge in [0.15, 0.2) is 0 Å². The molecule has 198 valence electrons. The van der Waals surface area contributed by atoms with Crippen molar-refractivity contribution in [1.82, 2.24) is 25.2 Å². The number of hydrogen-bond acceptors (Lipinski definition) is 6. The van der Waals surface area contributed by atoms with Gasteiger partial charge in [-0.15, -0.1) is 0 Å². The number of imidazole rings is 1. The molecule has 0 spiro atoms. The van der Waals surface area contributed by atoms with E-state index in [-0.39, 0.29) is 11.7 Å². The van der Waals surface area contributed by atoms with E-state index in [1.54, 1.807) is 30.5 Å². The fourth-order valence-corrected chi connectivity index (χ4v) is 5.25. The number of aromatic amines is 1. The summed E-state index contributed by atoms with van der Waals surface area (Å²) in [6, 6.07) is 9.04. The summed E-state index contributed by atoms with van der Waals surface area (Å²) in [6.07, 6.45) is 5.00. The minimum absolute atomic E-state index is 0.113. The first-order valence-corrected chi connectivity index (χ1v) is 13.1. The zero-order chi connectivity index (χ0) is 26.8. The Labute approximate surface area is 229 Å². The number of benzene rings is 2. The number of ether oxygens (including phenoxy) is 1. The molecular weight excluding hydrogens is 527 g/mol. The summed E-state index contributed by atoms with van der Waals surface area (Å²) < 4.78 is 7.22.